The summed E-state index contributed by atoms with van der Waals surface area (Å²) in [6.45, 7) is 0. The molecule has 0 saturated carbocycles. The summed E-state index contributed by atoms with van der Waals surface area (Å²) in [5.41, 5.74) is 1.71. The average molecular weight is 397 g/mol. The van der Waals surface area contributed by atoms with E-state index in [1.165, 1.54) is 7.11 Å². The fourth-order valence-electron chi connectivity index (χ4n) is 4.20. The first-order valence-electron chi connectivity index (χ1n) is 9.22. The Labute approximate surface area is 166 Å². The highest BCUT2D eigenvalue weighted by molar-refractivity contribution is 8.03. The molecule has 0 amide bonds. The molecule has 4 rings (SSSR count). The third-order valence-corrected chi connectivity index (χ3v) is 6.03. The van der Waals surface area contributed by atoms with E-state index in [4.69, 9.17) is 14.7 Å². The molecule has 144 valence electrons. The lowest BCUT2D eigenvalue weighted by Gasteiger charge is -2.36. The second-order valence-electron chi connectivity index (χ2n) is 7.03. The van der Waals surface area contributed by atoms with Crippen LogP contribution in [0.15, 0.2) is 39.7 Å². The van der Waals surface area contributed by atoms with E-state index in [-0.39, 0.29) is 23.1 Å². The van der Waals surface area contributed by atoms with Crippen molar-refractivity contribution in [1.82, 2.24) is 0 Å². The van der Waals surface area contributed by atoms with Gasteiger partial charge in [0.05, 0.1) is 12.0 Å². The van der Waals surface area contributed by atoms with Crippen molar-refractivity contribution in [1.29, 1.82) is 5.26 Å². The molecule has 1 aromatic rings. The van der Waals surface area contributed by atoms with Gasteiger partial charge in [0.15, 0.2) is 23.1 Å². The molecule has 0 unspecified atom stereocenters. The number of ketones is 2. The zero-order valence-electron chi connectivity index (χ0n) is 15.4. The van der Waals surface area contributed by atoms with Crippen LogP contribution < -0.4 is 4.74 Å². The average Bonchev–Trinajstić information content (AvgIpc) is 2.69. The fraction of sp³-hybridized carbons (Fsp3) is 0.381. The van der Waals surface area contributed by atoms with E-state index >= 15 is 0 Å². The number of phenols is 1. The lowest BCUT2D eigenvalue weighted by molar-refractivity contribution is -0.117. The van der Waals surface area contributed by atoms with E-state index in [2.05, 4.69) is 0 Å². The number of ether oxygens (including phenoxy) is 2. The van der Waals surface area contributed by atoms with Crippen molar-refractivity contribution in [2.45, 2.75) is 49.3 Å². The molecular weight excluding hydrogens is 378 g/mol. The van der Waals surface area contributed by atoms with Gasteiger partial charge in [-0.15, -0.1) is 0 Å². The summed E-state index contributed by atoms with van der Waals surface area (Å²) < 4.78 is 11.3. The number of benzene rings is 1. The summed E-state index contributed by atoms with van der Waals surface area (Å²) in [5.74, 6) is 0.797. The number of thiocyanates is 1. The highest BCUT2D eigenvalue weighted by Crippen LogP contribution is 2.50. The Bertz CT molecular complexity index is 943. The van der Waals surface area contributed by atoms with Gasteiger partial charge in [0, 0.05) is 42.7 Å². The Hall–Kier alpha value is -2.72. The predicted octanol–water partition coefficient (Wildman–Crippen LogP) is 4.10. The van der Waals surface area contributed by atoms with Gasteiger partial charge in [-0.05, 0) is 42.3 Å². The number of hydrogen-bond acceptors (Lipinski definition) is 7. The summed E-state index contributed by atoms with van der Waals surface area (Å²) in [4.78, 5) is 26.0. The van der Waals surface area contributed by atoms with Crippen LogP contribution in [0.25, 0.3) is 0 Å². The van der Waals surface area contributed by atoms with Crippen LogP contribution in [0.4, 0.5) is 0 Å². The predicted molar refractivity (Wildman–Crippen MR) is 102 cm³/mol. The molecule has 1 N–H and O–H groups in total. The molecule has 1 aromatic carbocycles. The third kappa shape index (κ3) is 2.98. The number of nitriles is 1. The van der Waals surface area contributed by atoms with E-state index in [0.717, 1.165) is 24.6 Å². The first-order valence-corrected chi connectivity index (χ1v) is 10.0. The second-order valence-corrected chi connectivity index (χ2v) is 7.85. The van der Waals surface area contributed by atoms with Crippen molar-refractivity contribution in [2.24, 2.45) is 0 Å². The summed E-state index contributed by atoms with van der Waals surface area (Å²) >= 11 is 0.812. The molecule has 1 heterocycles. The molecule has 1 aliphatic heterocycles. The highest BCUT2D eigenvalue weighted by atomic mass is 32.2. The standard InChI is InChI=1S/C21H19NO5S/c1-26-16-8-11(9-17(21(16)25)28-10-22)18-19-12(23)4-2-6-14(19)27-15-7-3-5-13(24)20(15)18/h8-9,18,25H,2-7H2,1H3. The summed E-state index contributed by atoms with van der Waals surface area (Å²) in [5, 5.41) is 21.4. The number of hydrogen-bond donors (Lipinski definition) is 1. The molecule has 0 fully saturated rings. The van der Waals surface area contributed by atoms with Crippen molar-refractivity contribution in [2.75, 3.05) is 7.11 Å². The summed E-state index contributed by atoms with van der Waals surface area (Å²) in [6, 6.07) is 3.31. The van der Waals surface area contributed by atoms with Gasteiger partial charge in [0.1, 0.15) is 16.9 Å². The maximum absolute atomic E-state index is 12.8. The Morgan fingerprint density at radius 2 is 1.71 bits per heavy atom. The van der Waals surface area contributed by atoms with Crippen molar-refractivity contribution in [3.63, 3.8) is 0 Å². The van der Waals surface area contributed by atoms with Crippen LogP contribution in [0.5, 0.6) is 11.5 Å². The van der Waals surface area contributed by atoms with Crippen LogP contribution in [0.1, 0.15) is 50.0 Å². The lowest BCUT2D eigenvalue weighted by atomic mass is 9.73. The fourth-order valence-corrected chi connectivity index (χ4v) is 4.69. The molecule has 2 aliphatic carbocycles. The van der Waals surface area contributed by atoms with E-state index < -0.39 is 5.92 Å². The van der Waals surface area contributed by atoms with Gasteiger partial charge < -0.3 is 14.6 Å². The molecule has 0 saturated heterocycles. The van der Waals surface area contributed by atoms with Crippen LogP contribution in [0, 0.1) is 10.7 Å². The second kappa shape index (κ2) is 7.36. The number of carbonyl (C=O) groups excluding carboxylic acids is 2. The van der Waals surface area contributed by atoms with Crippen molar-refractivity contribution in [3.05, 3.63) is 40.4 Å². The van der Waals surface area contributed by atoms with Gasteiger partial charge in [-0.1, -0.05) is 0 Å². The van der Waals surface area contributed by atoms with Gasteiger partial charge in [0.2, 0.25) is 0 Å². The molecule has 7 heteroatoms. The van der Waals surface area contributed by atoms with Gasteiger partial charge in [-0.3, -0.25) is 9.59 Å². The number of nitrogens with zero attached hydrogens (tertiary/aromatic N) is 1. The molecule has 0 atom stereocenters. The van der Waals surface area contributed by atoms with E-state index in [1.54, 1.807) is 12.1 Å². The highest BCUT2D eigenvalue weighted by Gasteiger charge is 2.42. The minimum absolute atomic E-state index is 0.0160. The number of Topliss-reactive ketones (excluding diaryl/α,β-unsaturated/α-hetero) is 2. The zero-order chi connectivity index (χ0) is 19.8. The molecule has 0 spiro atoms. The first kappa shape index (κ1) is 18.6. The van der Waals surface area contributed by atoms with Crippen LogP contribution in [0.2, 0.25) is 0 Å². The Balaban J connectivity index is 1.95. The molecule has 3 aliphatic rings. The maximum Gasteiger partial charge on any atom is 0.172 e. The molecule has 6 nitrogen and oxygen atoms in total. The van der Waals surface area contributed by atoms with E-state index in [1.807, 2.05) is 5.40 Å². The number of methoxy groups -OCH3 is 1. The normalized spacial score (nSPS) is 19.7. The largest absolute Gasteiger partial charge is 0.503 e. The molecule has 28 heavy (non-hydrogen) atoms. The smallest absolute Gasteiger partial charge is 0.172 e. The van der Waals surface area contributed by atoms with Crippen LogP contribution in [-0.4, -0.2) is 23.8 Å². The maximum atomic E-state index is 12.8. The Morgan fingerprint density at radius 3 is 2.25 bits per heavy atom. The van der Waals surface area contributed by atoms with Crippen LogP contribution in [0.3, 0.4) is 0 Å². The van der Waals surface area contributed by atoms with Crippen molar-refractivity contribution in [3.8, 4) is 16.9 Å². The topological polar surface area (TPSA) is 96.6 Å². The minimum Gasteiger partial charge on any atom is -0.503 e. The van der Waals surface area contributed by atoms with Crippen molar-refractivity contribution >= 4 is 23.3 Å². The van der Waals surface area contributed by atoms with E-state index in [0.29, 0.717) is 58.8 Å². The third-order valence-electron chi connectivity index (χ3n) is 5.41. The monoisotopic (exact) mass is 397 g/mol. The zero-order valence-corrected chi connectivity index (χ0v) is 16.2. The first-order chi connectivity index (χ1) is 13.5. The Morgan fingerprint density at radius 1 is 1.11 bits per heavy atom. The molecular formula is C21H19NO5S. The van der Waals surface area contributed by atoms with E-state index in [9.17, 15) is 14.7 Å². The summed E-state index contributed by atoms with van der Waals surface area (Å²) in [6.07, 6.45) is 3.63. The number of phenolic OH excluding ortho intramolecular Hbond substituents is 1. The number of carbonyl (C=O) groups is 2. The Kier molecular flexibility index (Phi) is 4.90. The SMILES string of the molecule is COc1cc(C2C3=C(CCCC3=O)OC3=C2C(=O)CCC3)cc(SC#N)c1O. The van der Waals surface area contributed by atoms with Gasteiger partial charge in [-0.25, -0.2) is 0 Å². The molecule has 0 bridgehead atoms. The summed E-state index contributed by atoms with van der Waals surface area (Å²) in [7, 11) is 1.43. The lowest BCUT2D eigenvalue weighted by Crippen LogP contribution is -2.30. The van der Waals surface area contributed by atoms with Gasteiger partial charge >= 0.3 is 0 Å². The minimum atomic E-state index is -0.549. The van der Waals surface area contributed by atoms with Crippen LogP contribution in [-0.2, 0) is 14.3 Å². The molecule has 0 aromatic heterocycles. The van der Waals surface area contributed by atoms with Crippen molar-refractivity contribution < 1.29 is 24.2 Å². The quantitative estimate of drug-likeness (QED) is 0.606. The van der Waals surface area contributed by atoms with Crippen LogP contribution >= 0.6 is 11.8 Å². The number of aromatic hydroxyl groups is 1. The van der Waals surface area contributed by atoms with Gasteiger partial charge in [0.25, 0.3) is 0 Å². The molecule has 0 radical (unpaired) electrons. The number of rotatable bonds is 3. The number of thioether (sulfide) groups is 1. The number of allylic oxidation sites excluding steroid dienone is 4. The van der Waals surface area contributed by atoms with Gasteiger partial charge in [-0.2, -0.15) is 5.26 Å².